The number of aliphatic hydroxyl groups is 1. The molecule has 1 N–H and O–H groups in total. The zero-order valence-corrected chi connectivity index (χ0v) is 13.7. The molecule has 0 amide bonds. The lowest BCUT2D eigenvalue weighted by atomic mass is 9.77. The molecule has 112 valence electrons. The molecule has 0 bridgehead atoms. The molecule has 3 nitrogen and oxygen atoms in total. The van der Waals surface area contributed by atoms with Gasteiger partial charge in [0.15, 0.2) is 5.13 Å². The third-order valence-corrected chi connectivity index (χ3v) is 6.03. The molecule has 1 heterocycles. The number of hydrogen-bond donors (Lipinski definition) is 1. The molecule has 2 aliphatic rings. The average Bonchev–Trinajstić information content (AvgIpc) is 2.70. The summed E-state index contributed by atoms with van der Waals surface area (Å²) in [6.07, 6.45) is 5.67. The van der Waals surface area contributed by atoms with Crippen molar-refractivity contribution < 1.29 is 5.11 Å². The third kappa shape index (κ3) is 2.73. The second-order valence-electron chi connectivity index (χ2n) is 7.20. The summed E-state index contributed by atoms with van der Waals surface area (Å²) >= 11 is 1.72. The molecule has 0 spiro atoms. The van der Waals surface area contributed by atoms with Gasteiger partial charge in [-0.1, -0.05) is 31.6 Å². The maximum atomic E-state index is 10.4. The molecule has 20 heavy (non-hydrogen) atoms. The van der Waals surface area contributed by atoms with E-state index in [9.17, 15) is 5.11 Å². The third-order valence-electron chi connectivity index (χ3n) is 4.77. The van der Waals surface area contributed by atoms with E-state index in [4.69, 9.17) is 4.98 Å². The van der Waals surface area contributed by atoms with E-state index in [-0.39, 0.29) is 11.5 Å². The summed E-state index contributed by atoms with van der Waals surface area (Å²) in [6, 6.07) is 0. The van der Waals surface area contributed by atoms with Crippen molar-refractivity contribution in [3.63, 3.8) is 0 Å². The van der Waals surface area contributed by atoms with E-state index in [1.165, 1.54) is 19.3 Å². The van der Waals surface area contributed by atoms with E-state index in [1.807, 2.05) is 0 Å². The molecule has 1 fully saturated rings. The maximum absolute atomic E-state index is 10.4. The first-order chi connectivity index (χ1) is 9.48. The van der Waals surface area contributed by atoms with E-state index in [0.717, 1.165) is 47.6 Å². The molecule has 0 aromatic carbocycles. The lowest BCUT2D eigenvalue weighted by molar-refractivity contribution is 0.102. The lowest BCUT2D eigenvalue weighted by Crippen LogP contribution is -2.32. The Morgan fingerprint density at radius 3 is 2.75 bits per heavy atom. The molecular formula is C16H26N2OS. The predicted octanol–water partition coefficient (Wildman–Crippen LogP) is 3.78. The van der Waals surface area contributed by atoms with Crippen LogP contribution < -0.4 is 4.90 Å². The Hall–Kier alpha value is -0.610. The van der Waals surface area contributed by atoms with Gasteiger partial charge in [-0.25, -0.2) is 4.98 Å². The molecule has 0 saturated heterocycles. The molecule has 4 heteroatoms. The molecule has 0 radical (unpaired) electrons. The minimum atomic E-state index is -0.317. The van der Waals surface area contributed by atoms with Crippen molar-refractivity contribution in [2.24, 2.45) is 11.3 Å². The van der Waals surface area contributed by atoms with E-state index >= 15 is 0 Å². The van der Waals surface area contributed by atoms with Crippen molar-refractivity contribution >= 4 is 16.5 Å². The quantitative estimate of drug-likeness (QED) is 0.918. The predicted molar refractivity (Wildman–Crippen MR) is 84.4 cm³/mol. The number of fused-ring (bicyclic) bond motifs is 1. The zero-order chi connectivity index (χ0) is 14.3. The largest absolute Gasteiger partial charge is 0.387 e. The van der Waals surface area contributed by atoms with Crippen LogP contribution in [0, 0.1) is 11.3 Å². The van der Waals surface area contributed by atoms with Gasteiger partial charge >= 0.3 is 0 Å². The van der Waals surface area contributed by atoms with E-state index < -0.39 is 0 Å². The fraction of sp³-hybridized carbons (Fsp3) is 0.812. The highest BCUT2D eigenvalue weighted by Crippen LogP contribution is 2.45. The Labute approximate surface area is 126 Å². The average molecular weight is 294 g/mol. The van der Waals surface area contributed by atoms with Gasteiger partial charge in [-0.2, -0.15) is 0 Å². The molecule has 3 rings (SSSR count). The van der Waals surface area contributed by atoms with Gasteiger partial charge in [-0.15, -0.1) is 0 Å². The van der Waals surface area contributed by atoms with Crippen LogP contribution in [0.15, 0.2) is 0 Å². The van der Waals surface area contributed by atoms with Crippen LogP contribution in [0.2, 0.25) is 0 Å². The van der Waals surface area contributed by atoms with Gasteiger partial charge in [0.05, 0.1) is 16.7 Å². The van der Waals surface area contributed by atoms with Crippen LogP contribution in [0.4, 0.5) is 5.13 Å². The minimum absolute atomic E-state index is 0.169. The molecule has 1 saturated carbocycles. The Kier molecular flexibility index (Phi) is 3.80. The van der Waals surface area contributed by atoms with Gasteiger partial charge in [0.1, 0.15) is 0 Å². The van der Waals surface area contributed by atoms with Gasteiger partial charge < -0.3 is 10.0 Å². The summed E-state index contributed by atoms with van der Waals surface area (Å²) in [5.74, 6) is 0.859. The van der Waals surface area contributed by atoms with Gasteiger partial charge in [0, 0.05) is 13.1 Å². The van der Waals surface area contributed by atoms with Crippen LogP contribution in [-0.2, 0) is 6.42 Å². The fourth-order valence-electron chi connectivity index (χ4n) is 3.34. The Morgan fingerprint density at radius 1 is 1.40 bits per heavy atom. The Balaban J connectivity index is 1.80. The lowest BCUT2D eigenvalue weighted by Gasteiger charge is -2.31. The number of rotatable bonds is 4. The molecule has 1 unspecified atom stereocenters. The second-order valence-corrected chi connectivity index (χ2v) is 8.21. The van der Waals surface area contributed by atoms with Gasteiger partial charge in [0.25, 0.3) is 0 Å². The summed E-state index contributed by atoms with van der Waals surface area (Å²) < 4.78 is 0. The SMILES string of the molecule is CCN(CC1CCC1)c1nc2c(s1)C(O)CC(C)(C)C2. The van der Waals surface area contributed by atoms with E-state index in [0.29, 0.717) is 0 Å². The van der Waals surface area contributed by atoms with Crippen LogP contribution in [0.5, 0.6) is 0 Å². The fourth-order valence-corrected chi connectivity index (χ4v) is 4.48. The van der Waals surface area contributed by atoms with Crippen molar-refractivity contribution in [1.29, 1.82) is 0 Å². The summed E-state index contributed by atoms with van der Waals surface area (Å²) in [7, 11) is 0. The van der Waals surface area contributed by atoms with E-state index in [2.05, 4.69) is 25.7 Å². The highest BCUT2D eigenvalue weighted by atomic mass is 32.1. The summed E-state index contributed by atoms with van der Waals surface area (Å²) in [6.45, 7) is 8.82. The van der Waals surface area contributed by atoms with Crippen molar-refractivity contribution in [3.05, 3.63) is 10.6 Å². The first-order valence-electron chi connectivity index (χ1n) is 7.91. The van der Waals surface area contributed by atoms with Crippen molar-refractivity contribution in [2.45, 2.75) is 59.0 Å². The van der Waals surface area contributed by atoms with Crippen LogP contribution in [0.3, 0.4) is 0 Å². The number of nitrogens with zero attached hydrogens (tertiary/aromatic N) is 2. The highest BCUT2D eigenvalue weighted by molar-refractivity contribution is 7.15. The zero-order valence-electron chi connectivity index (χ0n) is 12.9. The molecule has 2 aliphatic carbocycles. The topological polar surface area (TPSA) is 36.4 Å². The number of hydrogen-bond acceptors (Lipinski definition) is 4. The molecule has 1 aromatic rings. The molecular weight excluding hydrogens is 268 g/mol. The Morgan fingerprint density at radius 2 is 2.15 bits per heavy atom. The summed E-state index contributed by atoms with van der Waals surface area (Å²) in [5, 5.41) is 11.5. The standard InChI is InChI=1S/C16H26N2OS/c1-4-18(10-11-6-5-7-11)15-17-12-8-16(2,3)9-13(19)14(12)20-15/h11,13,19H,4-10H2,1-3H3. The highest BCUT2D eigenvalue weighted by Gasteiger charge is 2.35. The number of anilines is 1. The maximum Gasteiger partial charge on any atom is 0.185 e. The van der Waals surface area contributed by atoms with Gasteiger partial charge in [0.2, 0.25) is 0 Å². The van der Waals surface area contributed by atoms with Crippen molar-refractivity contribution in [1.82, 2.24) is 4.98 Å². The van der Waals surface area contributed by atoms with E-state index in [1.54, 1.807) is 11.3 Å². The molecule has 1 aromatic heterocycles. The summed E-state index contributed by atoms with van der Waals surface area (Å²) in [5.41, 5.74) is 1.31. The van der Waals surface area contributed by atoms with Crippen LogP contribution in [-0.4, -0.2) is 23.2 Å². The number of thiazole rings is 1. The van der Waals surface area contributed by atoms with Crippen molar-refractivity contribution in [3.8, 4) is 0 Å². The monoisotopic (exact) mass is 294 g/mol. The van der Waals surface area contributed by atoms with Gasteiger partial charge in [-0.05, 0) is 43.9 Å². The normalized spacial score (nSPS) is 25.1. The van der Waals surface area contributed by atoms with Crippen LogP contribution in [0.1, 0.15) is 63.1 Å². The van der Waals surface area contributed by atoms with Gasteiger partial charge in [-0.3, -0.25) is 0 Å². The summed E-state index contributed by atoms with van der Waals surface area (Å²) in [4.78, 5) is 8.39. The number of aliphatic hydroxyl groups excluding tert-OH is 1. The number of aromatic nitrogens is 1. The molecule has 1 atom stereocenters. The second kappa shape index (κ2) is 5.30. The van der Waals surface area contributed by atoms with Crippen LogP contribution >= 0.6 is 11.3 Å². The Bertz CT molecular complexity index is 479. The first kappa shape index (κ1) is 14.3. The minimum Gasteiger partial charge on any atom is -0.387 e. The molecule has 0 aliphatic heterocycles. The first-order valence-corrected chi connectivity index (χ1v) is 8.73. The van der Waals surface area contributed by atoms with Crippen LogP contribution in [0.25, 0.3) is 0 Å². The van der Waals surface area contributed by atoms with Crippen molar-refractivity contribution in [2.75, 3.05) is 18.0 Å². The smallest absolute Gasteiger partial charge is 0.185 e.